The van der Waals surface area contributed by atoms with Crippen LogP contribution in [-0.4, -0.2) is 40.1 Å². The maximum absolute atomic E-state index is 12.3. The van der Waals surface area contributed by atoms with E-state index in [0.717, 1.165) is 18.6 Å². The number of hydrogen-bond donors (Lipinski definition) is 1. The summed E-state index contributed by atoms with van der Waals surface area (Å²) in [5, 5.41) is 0. The van der Waals surface area contributed by atoms with E-state index >= 15 is 0 Å². The van der Waals surface area contributed by atoms with Gasteiger partial charge >= 0.3 is 0 Å². The first-order valence-electron chi connectivity index (χ1n) is 8.51. The molecule has 2 aliphatic rings. The van der Waals surface area contributed by atoms with Crippen molar-refractivity contribution in [3.8, 4) is 5.75 Å². The highest BCUT2D eigenvalue weighted by molar-refractivity contribution is 7.89. The molecule has 1 aliphatic heterocycles. The molecule has 6 nitrogen and oxygen atoms in total. The van der Waals surface area contributed by atoms with Gasteiger partial charge in [-0.25, -0.2) is 13.1 Å². The summed E-state index contributed by atoms with van der Waals surface area (Å²) in [6.07, 6.45) is 5.28. The van der Waals surface area contributed by atoms with Crippen molar-refractivity contribution in [1.82, 2.24) is 4.72 Å². The van der Waals surface area contributed by atoms with Crippen LogP contribution in [0.3, 0.4) is 0 Å². The van der Waals surface area contributed by atoms with Gasteiger partial charge in [0.2, 0.25) is 10.0 Å². The van der Waals surface area contributed by atoms with Crippen LogP contribution in [0.25, 0.3) is 0 Å². The molecule has 0 amide bonds. The van der Waals surface area contributed by atoms with Gasteiger partial charge < -0.3 is 14.2 Å². The lowest BCUT2D eigenvalue weighted by Crippen LogP contribution is -2.33. The second-order valence-corrected chi connectivity index (χ2v) is 8.24. The molecule has 0 bridgehead atoms. The molecule has 2 fully saturated rings. The molecule has 0 atom stereocenters. The molecular weight excluding hydrogens is 330 g/mol. The SMILES string of the molecule is CC1(CCNS(=O)(=O)c2ccc(OC3CCCC3)cc2)OCCO1. The van der Waals surface area contributed by atoms with Crippen LogP contribution in [0, 0.1) is 0 Å². The van der Waals surface area contributed by atoms with Crippen molar-refractivity contribution in [2.24, 2.45) is 0 Å². The van der Waals surface area contributed by atoms with Crippen molar-refractivity contribution in [2.75, 3.05) is 19.8 Å². The van der Waals surface area contributed by atoms with Crippen LogP contribution >= 0.6 is 0 Å². The van der Waals surface area contributed by atoms with Gasteiger partial charge in [-0.1, -0.05) is 0 Å². The van der Waals surface area contributed by atoms with Crippen LogP contribution < -0.4 is 9.46 Å². The Labute approximate surface area is 143 Å². The Bertz CT molecular complexity index is 631. The van der Waals surface area contributed by atoms with Crippen molar-refractivity contribution in [1.29, 1.82) is 0 Å². The largest absolute Gasteiger partial charge is 0.490 e. The summed E-state index contributed by atoms with van der Waals surface area (Å²) in [7, 11) is -3.54. The monoisotopic (exact) mass is 355 g/mol. The zero-order valence-corrected chi connectivity index (χ0v) is 14.8. The van der Waals surface area contributed by atoms with E-state index in [9.17, 15) is 8.42 Å². The van der Waals surface area contributed by atoms with E-state index < -0.39 is 15.8 Å². The lowest BCUT2D eigenvalue weighted by atomic mass is 10.2. The van der Waals surface area contributed by atoms with Gasteiger partial charge in [0.25, 0.3) is 0 Å². The van der Waals surface area contributed by atoms with Crippen LogP contribution in [0.5, 0.6) is 5.75 Å². The van der Waals surface area contributed by atoms with E-state index in [2.05, 4.69) is 4.72 Å². The molecule has 1 saturated heterocycles. The lowest BCUT2D eigenvalue weighted by Gasteiger charge is -2.22. The van der Waals surface area contributed by atoms with Crippen LogP contribution in [-0.2, 0) is 19.5 Å². The molecule has 1 saturated carbocycles. The normalized spacial score (nSPS) is 21.2. The molecular formula is C17H25NO5S. The minimum absolute atomic E-state index is 0.236. The van der Waals surface area contributed by atoms with Crippen LogP contribution in [0.4, 0.5) is 0 Å². The number of sulfonamides is 1. The smallest absolute Gasteiger partial charge is 0.240 e. The molecule has 24 heavy (non-hydrogen) atoms. The minimum Gasteiger partial charge on any atom is -0.490 e. The van der Waals surface area contributed by atoms with E-state index in [1.54, 1.807) is 24.3 Å². The Morgan fingerprint density at radius 2 is 1.79 bits per heavy atom. The van der Waals surface area contributed by atoms with E-state index in [1.165, 1.54) is 12.8 Å². The summed E-state index contributed by atoms with van der Waals surface area (Å²) in [5.41, 5.74) is 0. The Morgan fingerprint density at radius 3 is 2.42 bits per heavy atom. The number of hydrogen-bond acceptors (Lipinski definition) is 5. The molecule has 0 radical (unpaired) electrons. The Morgan fingerprint density at radius 1 is 1.17 bits per heavy atom. The zero-order valence-electron chi connectivity index (χ0n) is 14.0. The molecule has 7 heteroatoms. The van der Waals surface area contributed by atoms with Gasteiger partial charge in [0.05, 0.1) is 24.2 Å². The molecule has 1 heterocycles. The molecule has 0 spiro atoms. The summed E-state index contributed by atoms with van der Waals surface area (Å²) in [6.45, 7) is 3.18. The topological polar surface area (TPSA) is 73.9 Å². The number of ether oxygens (including phenoxy) is 3. The molecule has 0 unspecified atom stereocenters. The summed E-state index contributed by atoms with van der Waals surface area (Å²) >= 11 is 0. The fraction of sp³-hybridized carbons (Fsp3) is 0.647. The van der Waals surface area contributed by atoms with Gasteiger partial charge in [-0.3, -0.25) is 0 Å². The Hall–Kier alpha value is -1.15. The van der Waals surface area contributed by atoms with E-state index in [4.69, 9.17) is 14.2 Å². The standard InChI is InChI=1S/C17H25NO5S/c1-17(21-12-13-22-17)10-11-18-24(19,20)16-8-6-15(7-9-16)23-14-4-2-3-5-14/h6-9,14,18H,2-5,10-13H2,1H3. The minimum atomic E-state index is -3.54. The molecule has 3 rings (SSSR count). The summed E-state index contributed by atoms with van der Waals surface area (Å²) < 4.78 is 44.0. The van der Waals surface area contributed by atoms with Gasteiger partial charge in [-0.15, -0.1) is 0 Å². The maximum Gasteiger partial charge on any atom is 0.240 e. The highest BCUT2D eigenvalue weighted by atomic mass is 32.2. The van der Waals surface area contributed by atoms with Gasteiger partial charge in [-0.05, 0) is 56.9 Å². The molecule has 0 aromatic heterocycles. The number of rotatable bonds is 7. The van der Waals surface area contributed by atoms with Crippen molar-refractivity contribution in [2.45, 2.75) is 55.8 Å². The highest BCUT2D eigenvalue weighted by Gasteiger charge is 2.30. The van der Waals surface area contributed by atoms with E-state index in [-0.39, 0.29) is 17.5 Å². The molecule has 1 aromatic carbocycles. The molecule has 134 valence electrons. The van der Waals surface area contributed by atoms with Crippen molar-refractivity contribution in [3.05, 3.63) is 24.3 Å². The molecule has 1 aliphatic carbocycles. The van der Waals surface area contributed by atoms with Crippen LogP contribution in [0.15, 0.2) is 29.2 Å². The number of nitrogens with one attached hydrogen (secondary N) is 1. The zero-order chi connectivity index (χ0) is 17.0. The fourth-order valence-corrected chi connectivity index (χ4v) is 4.12. The van der Waals surface area contributed by atoms with Gasteiger partial charge in [0.15, 0.2) is 5.79 Å². The van der Waals surface area contributed by atoms with Crippen molar-refractivity contribution in [3.63, 3.8) is 0 Å². The molecule has 1 aromatic rings. The highest BCUT2D eigenvalue weighted by Crippen LogP contribution is 2.25. The van der Waals surface area contributed by atoms with Crippen molar-refractivity contribution >= 4 is 10.0 Å². The first-order valence-corrected chi connectivity index (χ1v) is 10.00. The van der Waals surface area contributed by atoms with Gasteiger partial charge in [-0.2, -0.15) is 0 Å². The predicted molar refractivity (Wildman–Crippen MR) is 89.4 cm³/mol. The Balaban J connectivity index is 1.53. The van der Waals surface area contributed by atoms with Crippen LogP contribution in [0.2, 0.25) is 0 Å². The summed E-state index contributed by atoms with van der Waals surface area (Å²) in [5.74, 6) is 0.0303. The van der Waals surface area contributed by atoms with Crippen LogP contribution in [0.1, 0.15) is 39.0 Å². The first kappa shape index (κ1) is 17.7. The average Bonchev–Trinajstić information content (AvgIpc) is 3.20. The van der Waals surface area contributed by atoms with Gasteiger partial charge in [0.1, 0.15) is 5.75 Å². The predicted octanol–water partition coefficient (Wildman–Crippen LogP) is 2.44. The Kier molecular flexibility index (Phi) is 5.44. The van der Waals surface area contributed by atoms with Crippen molar-refractivity contribution < 1.29 is 22.6 Å². The average molecular weight is 355 g/mol. The quantitative estimate of drug-likeness (QED) is 0.813. The third-order valence-electron chi connectivity index (χ3n) is 4.51. The maximum atomic E-state index is 12.3. The lowest BCUT2D eigenvalue weighted by molar-refractivity contribution is -0.145. The third-order valence-corrected chi connectivity index (χ3v) is 5.99. The fourth-order valence-electron chi connectivity index (χ4n) is 3.09. The second-order valence-electron chi connectivity index (χ2n) is 6.47. The third kappa shape index (κ3) is 4.47. The summed E-state index contributed by atoms with van der Waals surface area (Å²) in [4.78, 5) is 0.236. The van der Waals surface area contributed by atoms with E-state index in [1.807, 2.05) is 6.92 Å². The number of benzene rings is 1. The second kappa shape index (κ2) is 7.39. The van der Waals surface area contributed by atoms with E-state index in [0.29, 0.717) is 19.6 Å². The first-order chi connectivity index (χ1) is 11.5. The summed E-state index contributed by atoms with van der Waals surface area (Å²) in [6, 6.07) is 6.60. The van der Waals surface area contributed by atoms with Gasteiger partial charge in [0, 0.05) is 13.0 Å². The molecule has 1 N–H and O–H groups in total.